The molecule has 0 bridgehead atoms. The van der Waals surface area contributed by atoms with Gasteiger partial charge in [0.15, 0.2) is 0 Å². The van der Waals surface area contributed by atoms with E-state index in [0.29, 0.717) is 17.2 Å². The second kappa shape index (κ2) is 13.8. The first-order valence-electron chi connectivity index (χ1n) is 17.9. The fourth-order valence-electron chi connectivity index (χ4n) is 7.01. The van der Waals surface area contributed by atoms with Gasteiger partial charge in [0.25, 0.3) is 0 Å². The molecule has 0 amide bonds. The van der Waals surface area contributed by atoms with Gasteiger partial charge in [0, 0.05) is 40.9 Å². The first-order chi connectivity index (χ1) is 26.5. The minimum Gasteiger partial charge on any atom is -0.457 e. The summed E-state index contributed by atoms with van der Waals surface area (Å²) in [6.45, 7) is 6.20. The molecule has 9 aromatic rings. The van der Waals surface area contributed by atoms with E-state index in [1.165, 1.54) is 0 Å². The van der Waals surface area contributed by atoms with Gasteiger partial charge in [-0.05, 0) is 110 Å². The number of fused-ring (bicyclic) bond motifs is 3. The van der Waals surface area contributed by atoms with Gasteiger partial charge in [0.2, 0.25) is 0 Å². The molecule has 0 radical (unpaired) electrons. The normalized spacial score (nSPS) is 11.2. The summed E-state index contributed by atoms with van der Waals surface area (Å²) in [4.78, 5) is 4.72. The maximum Gasteiger partial charge on any atom is 0.142 e. The van der Waals surface area contributed by atoms with E-state index < -0.39 is 0 Å². The molecule has 54 heavy (non-hydrogen) atoms. The average molecular weight is 705 g/mol. The molecule has 0 aliphatic carbocycles. The van der Waals surface area contributed by atoms with Crippen molar-refractivity contribution in [1.29, 1.82) is 0 Å². The molecule has 7 heteroatoms. The van der Waals surface area contributed by atoms with E-state index in [-0.39, 0.29) is 0 Å². The minimum absolute atomic E-state index is 0.688. The Bertz CT molecular complexity index is 2720. The first kappa shape index (κ1) is 32.8. The van der Waals surface area contributed by atoms with Crippen LogP contribution < -0.4 is 14.2 Å². The van der Waals surface area contributed by atoms with Crippen molar-refractivity contribution in [1.82, 2.24) is 19.3 Å². The monoisotopic (exact) mass is 704 g/mol. The maximum absolute atomic E-state index is 6.58. The molecule has 0 aliphatic heterocycles. The summed E-state index contributed by atoms with van der Waals surface area (Å²) < 4.78 is 23.7. The number of benzene rings is 6. The predicted octanol–water partition coefficient (Wildman–Crippen LogP) is 12.3. The van der Waals surface area contributed by atoms with Gasteiger partial charge in [-0.3, -0.25) is 4.57 Å². The maximum atomic E-state index is 6.58. The Morgan fingerprint density at radius 3 is 1.89 bits per heavy atom. The van der Waals surface area contributed by atoms with Gasteiger partial charge < -0.3 is 14.2 Å². The summed E-state index contributed by atoms with van der Waals surface area (Å²) in [6.07, 6.45) is 5.71. The van der Waals surface area contributed by atoms with Gasteiger partial charge in [-0.2, -0.15) is 5.10 Å². The largest absolute Gasteiger partial charge is 0.457 e. The van der Waals surface area contributed by atoms with Gasteiger partial charge in [-0.25, -0.2) is 9.67 Å². The van der Waals surface area contributed by atoms with Crippen molar-refractivity contribution >= 4 is 21.8 Å². The Morgan fingerprint density at radius 2 is 1.17 bits per heavy atom. The highest BCUT2D eigenvalue weighted by Crippen LogP contribution is 2.46. The van der Waals surface area contributed by atoms with Crippen LogP contribution in [0, 0.1) is 20.8 Å². The zero-order chi connectivity index (χ0) is 36.6. The third-order valence-electron chi connectivity index (χ3n) is 9.49. The van der Waals surface area contributed by atoms with Crippen LogP contribution in [0.25, 0.3) is 44.4 Å². The second-order valence-electron chi connectivity index (χ2n) is 13.4. The number of nitrogens with zero attached hydrogens (tertiary/aromatic N) is 4. The van der Waals surface area contributed by atoms with Gasteiger partial charge in [0.1, 0.15) is 40.3 Å². The molecule has 9 rings (SSSR count). The van der Waals surface area contributed by atoms with Crippen molar-refractivity contribution in [3.8, 4) is 57.1 Å². The van der Waals surface area contributed by atoms with Crippen LogP contribution in [0.4, 0.5) is 0 Å². The molecule has 7 nitrogen and oxygen atoms in total. The average Bonchev–Trinajstić information content (AvgIpc) is 3.81. The number of aromatic nitrogens is 4. The number of pyridine rings is 1. The topological polar surface area (TPSA) is 63.3 Å². The Labute approximate surface area is 313 Å². The quantitative estimate of drug-likeness (QED) is 0.150. The van der Waals surface area contributed by atoms with Crippen LogP contribution in [0.1, 0.15) is 16.7 Å². The number of hydrogen-bond acceptors (Lipinski definition) is 5. The van der Waals surface area contributed by atoms with Crippen LogP contribution in [-0.2, 0) is 0 Å². The molecule has 0 saturated heterocycles. The van der Waals surface area contributed by atoms with Crippen molar-refractivity contribution in [2.45, 2.75) is 20.8 Å². The molecule has 0 N–H and O–H groups in total. The van der Waals surface area contributed by atoms with E-state index >= 15 is 0 Å². The van der Waals surface area contributed by atoms with Crippen molar-refractivity contribution in [2.75, 3.05) is 0 Å². The summed E-state index contributed by atoms with van der Waals surface area (Å²) in [6, 6.07) is 48.4. The summed E-state index contributed by atoms with van der Waals surface area (Å²) in [5.74, 6) is 5.18. The second-order valence-corrected chi connectivity index (χ2v) is 13.4. The lowest BCUT2D eigenvalue weighted by molar-refractivity contribution is 0.459. The van der Waals surface area contributed by atoms with Crippen molar-refractivity contribution < 1.29 is 14.2 Å². The van der Waals surface area contributed by atoms with E-state index in [9.17, 15) is 0 Å². The zero-order valence-electron chi connectivity index (χ0n) is 30.1. The fourth-order valence-corrected chi connectivity index (χ4v) is 7.01. The first-order valence-corrected chi connectivity index (χ1v) is 17.9. The summed E-state index contributed by atoms with van der Waals surface area (Å²) in [7, 11) is 0. The summed E-state index contributed by atoms with van der Waals surface area (Å²) in [5.41, 5.74) is 7.77. The lowest BCUT2D eigenvalue weighted by Crippen LogP contribution is -1.98. The molecule has 3 heterocycles. The molecule has 0 spiro atoms. The Kier molecular flexibility index (Phi) is 8.36. The number of para-hydroxylation sites is 3. The van der Waals surface area contributed by atoms with Crippen molar-refractivity contribution in [3.05, 3.63) is 181 Å². The molecule has 262 valence electrons. The fraction of sp³-hybridized carbons (Fsp3) is 0.0638. The van der Waals surface area contributed by atoms with Gasteiger partial charge in [-0.15, -0.1) is 0 Å². The molecule has 3 aromatic heterocycles. The van der Waals surface area contributed by atoms with Crippen molar-refractivity contribution in [3.63, 3.8) is 0 Å². The van der Waals surface area contributed by atoms with Crippen LogP contribution in [0.3, 0.4) is 0 Å². The molecule has 0 atom stereocenters. The molecule has 6 aromatic carbocycles. The van der Waals surface area contributed by atoms with Gasteiger partial charge in [-0.1, -0.05) is 60.7 Å². The highest BCUT2D eigenvalue weighted by molar-refractivity contribution is 6.09. The summed E-state index contributed by atoms with van der Waals surface area (Å²) in [5, 5.41) is 7.12. The molecule has 0 unspecified atom stereocenters. The van der Waals surface area contributed by atoms with Crippen molar-refractivity contribution in [2.24, 2.45) is 0 Å². The van der Waals surface area contributed by atoms with E-state index in [1.54, 1.807) is 0 Å². The predicted molar refractivity (Wildman–Crippen MR) is 215 cm³/mol. The van der Waals surface area contributed by atoms with Gasteiger partial charge in [0.05, 0.1) is 28.5 Å². The van der Waals surface area contributed by atoms with Crippen LogP contribution in [0.15, 0.2) is 164 Å². The third kappa shape index (κ3) is 6.22. The molecular formula is C47H36N4O3. The van der Waals surface area contributed by atoms with Crippen LogP contribution in [0.5, 0.6) is 34.5 Å². The van der Waals surface area contributed by atoms with E-state index in [1.807, 2.05) is 120 Å². The third-order valence-corrected chi connectivity index (χ3v) is 9.49. The Morgan fingerprint density at radius 1 is 0.519 bits per heavy atom. The molecule has 0 saturated carbocycles. The summed E-state index contributed by atoms with van der Waals surface area (Å²) >= 11 is 0. The highest BCUT2D eigenvalue weighted by atomic mass is 16.5. The van der Waals surface area contributed by atoms with Crippen LogP contribution in [-0.4, -0.2) is 19.3 Å². The van der Waals surface area contributed by atoms with E-state index in [4.69, 9.17) is 24.3 Å². The van der Waals surface area contributed by atoms with E-state index in [0.717, 1.165) is 78.4 Å². The Balaban J connectivity index is 1.08. The minimum atomic E-state index is 0.688. The highest BCUT2D eigenvalue weighted by Gasteiger charge is 2.22. The van der Waals surface area contributed by atoms with E-state index in [2.05, 4.69) is 73.9 Å². The number of hydrogen-bond donors (Lipinski definition) is 0. The lowest BCUT2D eigenvalue weighted by atomic mass is 9.99. The van der Waals surface area contributed by atoms with Crippen LogP contribution >= 0.6 is 0 Å². The number of ether oxygens (including phenoxy) is 3. The molecule has 0 fully saturated rings. The SMILES string of the molecule is Cc1ccnc(-n2c3ccccc3c3ccc(Oc4cccc(-n5cc(-c6c(Oc7ccccc7)c(C)cc(C)c6Oc6ccccc6)cn5)c4)cc32)c1. The number of rotatable bonds is 9. The number of aryl methyl sites for hydroxylation is 3. The smallest absolute Gasteiger partial charge is 0.142 e. The zero-order valence-corrected chi connectivity index (χ0v) is 30.1. The van der Waals surface area contributed by atoms with Gasteiger partial charge >= 0.3 is 0 Å². The lowest BCUT2D eigenvalue weighted by Gasteiger charge is -2.20. The molecular weight excluding hydrogens is 669 g/mol. The molecule has 0 aliphatic rings. The van der Waals surface area contributed by atoms with Crippen LogP contribution in [0.2, 0.25) is 0 Å². The Hall–Kier alpha value is -7.12. The standard InChI is InChI=1S/C47H36N4O3/c1-31-23-24-48-44(25-31)51-42-20-11-10-19-40(42)41-22-21-39(28-43(41)51)52-38-18-12-13-35(27-38)50-30-34(29-49-50)45-46(53-36-14-6-4-7-15-36)32(2)26-33(3)47(45)54-37-16-8-5-9-17-37/h4-30H,1-3H3.